The van der Waals surface area contributed by atoms with Gasteiger partial charge in [-0.05, 0) is 17.7 Å². The van der Waals surface area contributed by atoms with E-state index >= 15 is 0 Å². The summed E-state index contributed by atoms with van der Waals surface area (Å²) >= 11 is 12.6. The molecular weight excluding hydrogens is 305 g/mol. The minimum Gasteiger partial charge on any atom is -0.264 e. The van der Waals surface area contributed by atoms with Crippen LogP contribution in [0.15, 0.2) is 54.9 Å². The lowest BCUT2D eigenvalue weighted by Gasteiger charge is -2.08. The molecule has 0 saturated carbocycles. The van der Waals surface area contributed by atoms with Gasteiger partial charge in [0.1, 0.15) is 10.3 Å². The molecule has 0 bridgehead atoms. The van der Waals surface area contributed by atoms with Crippen molar-refractivity contribution in [3.05, 3.63) is 76.3 Å². The Balaban J connectivity index is 1.97. The summed E-state index contributed by atoms with van der Waals surface area (Å²) in [7, 11) is 0. The number of nitrogens with zero attached hydrogens (tertiary/aromatic N) is 3. The first kappa shape index (κ1) is 14.0. The lowest BCUT2D eigenvalue weighted by Crippen LogP contribution is -1.99. The Morgan fingerprint density at radius 2 is 1.57 bits per heavy atom. The first-order valence-corrected chi connectivity index (χ1v) is 7.16. The van der Waals surface area contributed by atoms with Gasteiger partial charge in [-0.15, -0.1) is 0 Å². The molecule has 3 aromatic rings. The highest BCUT2D eigenvalue weighted by Gasteiger charge is 2.13. The van der Waals surface area contributed by atoms with Crippen LogP contribution in [-0.2, 0) is 6.42 Å². The van der Waals surface area contributed by atoms with Gasteiger partial charge in [0, 0.05) is 29.9 Å². The molecule has 5 heteroatoms. The summed E-state index contributed by atoms with van der Waals surface area (Å²) in [5.74, 6) is 0.481. The molecule has 3 rings (SSSR count). The van der Waals surface area contributed by atoms with Crippen LogP contribution in [0.25, 0.3) is 11.4 Å². The maximum absolute atomic E-state index is 6.28. The van der Waals surface area contributed by atoms with E-state index < -0.39 is 0 Å². The Morgan fingerprint density at radius 3 is 2.19 bits per heavy atom. The smallest absolute Gasteiger partial charge is 0.164 e. The highest BCUT2D eigenvalue weighted by Crippen LogP contribution is 2.27. The van der Waals surface area contributed by atoms with Crippen molar-refractivity contribution in [2.75, 3.05) is 0 Å². The third-order valence-corrected chi connectivity index (χ3v) is 3.67. The molecule has 104 valence electrons. The molecule has 0 N–H and O–H groups in total. The molecule has 0 spiro atoms. The number of halogens is 2. The van der Waals surface area contributed by atoms with Gasteiger partial charge < -0.3 is 0 Å². The van der Waals surface area contributed by atoms with Crippen molar-refractivity contribution in [3.63, 3.8) is 0 Å². The predicted molar refractivity (Wildman–Crippen MR) is 84.5 cm³/mol. The Hall–Kier alpha value is -1.97. The molecule has 0 atom stereocenters. The average molecular weight is 316 g/mol. The van der Waals surface area contributed by atoms with E-state index in [2.05, 4.69) is 15.0 Å². The standard InChI is InChI=1S/C16H11Cl2N3/c17-14-13(9-11-5-2-1-3-6-11)15(18)21-16(20-14)12-7-4-8-19-10-12/h1-8,10H,9H2. The number of aromatic nitrogens is 3. The third kappa shape index (κ3) is 3.20. The highest BCUT2D eigenvalue weighted by atomic mass is 35.5. The number of hydrogen-bond acceptors (Lipinski definition) is 3. The van der Waals surface area contributed by atoms with Gasteiger partial charge in [-0.25, -0.2) is 9.97 Å². The average Bonchev–Trinajstić information content (AvgIpc) is 2.52. The Kier molecular flexibility index (Phi) is 4.13. The molecule has 3 nitrogen and oxygen atoms in total. The van der Waals surface area contributed by atoms with Crippen molar-refractivity contribution in [2.24, 2.45) is 0 Å². The SMILES string of the molecule is Clc1nc(-c2cccnc2)nc(Cl)c1Cc1ccccc1. The molecule has 0 unspecified atom stereocenters. The summed E-state index contributed by atoms with van der Waals surface area (Å²) in [6.45, 7) is 0. The minimum absolute atomic E-state index is 0.373. The minimum atomic E-state index is 0.373. The van der Waals surface area contributed by atoms with E-state index in [-0.39, 0.29) is 0 Å². The van der Waals surface area contributed by atoms with Crippen LogP contribution >= 0.6 is 23.2 Å². The third-order valence-electron chi connectivity index (χ3n) is 3.05. The summed E-state index contributed by atoms with van der Waals surface area (Å²) in [4.78, 5) is 12.7. The van der Waals surface area contributed by atoms with Gasteiger partial charge >= 0.3 is 0 Å². The van der Waals surface area contributed by atoms with Crippen LogP contribution < -0.4 is 0 Å². The number of hydrogen-bond donors (Lipinski definition) is 0. The molecule has 0 radical (unpaired) electrons. The second kappa shape index (κ2) is 6.20. The second-order valence-electron chi connectivity index (χ2n) is 4.51. The Bertz CT molecular complexity index is 723. The summed E-state index contributed by atoms with van der Waals surface area (Å²) in [5, 5.41) is 0.746. The van der Waals surface area contributed by atoms with Crippen LogP contribution in [0.4, 0.5) is 0 Å². The fourth-order valence-electron chi connectivity index (χ4n) is 2.00. The van der Waals surface area contributed by atoms with Crippen LogP contribution in [0.1, 0.15) is 11.1 Å². The van der Waals surface area contributed by atoms with Crippen LogP contribution in [0.3, 0.4) is 0 Å². The Labute approximate surface area is 132 Å². The van der Waals surface area contributed by atoms with Crippen molar-refractivity contribution in [2.45, 2.75) is 6.42 Å². The molecule has 0 aliphatic heterocycles. The first-order chi connectivity index (χ1) is 10.2. The van der Waals surface area contributed by atoms with Gasteiger partial charge in [0.2, 0.25) is 0 Å². The molecule has 0 aliphatic carbocycles. The van der Waals surface area contributed by atoms with E-state index in [4.69, 9.17) is 23.2 Å². The lowest BCUT2D eigenvalue weighted by molar-refractivity contribution is 1.07. The zero-order valence-electron chi connectivity index (χ0n) is 11.0. The van der Waals surface area contributed by atoms with Gasteiger partial charge in [0.25, 0.3) is 0 Å². The monoisotopic (exact) mass is 315 g/mol. The zero-order valence-corrected chi connectivity index (χ0v) is 12.5. The molecule has 0 aliphatic rings. The maximum atomic E-state index is 6.28. The van der Waals surface area contributed by atoms with Crippen molar-refractivity contribution >= 4 is 23.2 Å². The predicted octanol–water partition coefficient (Wildman–Crippen LogP) is 4.44. The van der Waals surface area contributed by atoms with Crippen LogP contribution in [0.5, 0.6) is 0 Å². The van der Waals surface area contributed by atoms with Gasteiger partial charge in [-0.2, -0.15) is 0 Å². The molecule has 2 aromatic heterocycles. The van der Waals surface area contributed by atoms with Crippen LogP contribution in [0.2, 0.25) is 10.3 Å². The number of benzene rings is 1. The van der Waals surface area contributed by atoms with E-state index in [0.29, 0.717) is 22.6 Å². The molecule has 0 amide bonds. The molecular formula is C16H11Cl2N3. The van der Waals surface area contributed by atoms with Gasteiger partial charge in [-0.3, -0.25) is 4.98 Å². The van der Waals surface area contributed by atoms with Crippen molar-refractivity contribution < 1.29 is 0 Å². The van der Waals surface area contributed by atoms with E-state index in [1.165, 1.54) is 0 Å². The number of pyridine rings is 1. The van der Waals surface area contributed by atoms with Gasteiger partial charge in [0.05, 0.1) is 0 Å². The van der Waals surface area contributed by atoms with Crippen LogP contribution in [-0.4, -0.2) is 15.0 Å². The first-order valence-electron chi connectivity index (χ1n) is 6.40. The fraction of sp³-hybridized carbons (Fsp3) is 0.0625. The fourth-order valence-corrected chi connectivity index (χ4v) is 2.52. The summed E-state index contributed by atoms with van der Waals surface area (Å²) < 4.78 is 0. The quantitative estimate of drug-likeness (QED) is 0.671. The molecule has 0 fully saturated rings. The van der Waals surface area contributed by atoms with Crippen molar-refractivity contribution in [1.29, 1.82) is 0 Å². The molecule has 1 aromatic carbocycles. The van der Waals surface area contributed by atoms with E-state index in [1.807, 2.05) is 42.5 Å². The second-order valence-corrected chi connectivity index (χ2v) is 5.23. The summed E-state index contributed by atoms with van der Waals surface area (Å²) in [6, 6.07) is 13.6. The molecule has 0 saturated heterocycles. The van der Waals surface area contributed by atoms with E-state index in [1.54, 1.807) is 12.4 Å². The Morgan fingerprint density at radius 1 is 0.857 bits per heavy atom. The van der Waals surface area contributed by atoms with Gasteiger partial charge in [-0.1, -0.05) is 53.5 Å². The maximum Gasteiger partial charge on any atom is 0.164 e. The molecule has 21 heavy (non-hydrogen) atoms. The topological polar surface area (TPSA) is 38.7 Å². The lowest BCUT2D eigenvalue weighted by atomic mass is 10.1. The van der Waals surface area contributed by atoms with Crippen molar-refractivity contribution in [3.8, 4) is 11.4 Å². The summed E-state index contributed by atoms with van der Waals surface area (Å²) in [6.07, 6.45) is 3.97. The summed E-state index contributed by atoms with van der Waals surface area (Å²) in [5.41, 5.74) is 2.63. The highest BCUT2D eigenvalue weighted by molar-refractivity contribution is 6.34. The van der Waals surface area contributed by atoms with Gasteiger partial charge in [0.15, 0.2) is 5.82 Å². The number of rotatable bonds is 3. The van der Waals surface area contributed by atoms with E-state index in [9.17, 15) is 0 Å². The zero-order chi connectivity index (χ0) is 14.7. The van der Waals surface area contributed by atoms with E-state index in [0.717, 1.165) is 16.7 Å². The normalized spacial score (nSPS) is 10.6. The van der Waals surface area contributed by atoms with Crippen LogP contribution in [0, 0.1) is 0 Å². The largest absolute Gasteiger partial charge is 0.264 e. The van der Waals surface area contributed by atoms with Crippen molar-refractivity contribution in [1.82, 2.24) is 15.0 Å². The molecule has 2 heterocycles.